The Hall–Kier alpha value is -2.85. The van der Waals surface area contributed by atoms with E-state index in [4.69, 9.17) is 4.74 Å². The highest BCUT2D eigenvalue weighted by Crippen LogP contribution is 2.22. The van der Waals surface area contributed by atoms with Crippen molar-refractivity contribution in [2.45, 2.75) is 19.9 Å². The quantitative estimate of drug-likeness (QED) is 0.686. The first-order chi connectivity index (χ1) is 12.7. The number of hydrogen-bond acceptors (Lipinski definition) is 2. The zero-order chi connectivity index (χ0) is 18.4. The van der Waals surface area contributed by atoms with Gasteiger partial charge in [-0.3, -0.25) is 4.79 Å². The minimum absolute atomic E-state index is 0.0127. The molecule has 3 aromatic rings. The smallest absolute Gasteiger partial charge is 0.279 e. The molecule has 0 aliphatic rings. The summed E-state index contributed by atoms with van der Waals surface area (Å²) in [5.41, 5.74) is 2.03. The lowest BCUT2D eigenvalue weighted by Crippen LogP contribution is -2.86. The zero-order valence-corrected chi connectivity index (χ0v) is 15.2. The Labute approximate surface area is 154 Å². The molecule has 4 nitrogen and oxygen atoms in total. The molecule has 0 bridgehead atoms. The number of carbonyl (C=O) groups excluding carboxylic acids is 1. The van der Waals surface area contributed by atoms with Crippen LogP contribution in [-0.4, -0.2) is 19.1 Å². The fourth-order valence-corrected chi connectivity index (χ4v) is 3.07. The van der Waals surface area contributed by atoms with E-state index >= 15 is 0 Å². The van der Waals surface area contributed by atoms with E-state index in [2.05, 4.69) is 54.0 Å². The van der Waals surface area contributed by atoms with Crippen LogP contribution < -0.4 is 15.4 Å². The van der Waals surface area contributed by atoms with Crippen LogP contribution in [0.25, 0.3) is 10.8 Å². The molecule has 4 heteroatoms. The average Bonchev–Trinajstić information content (AvgIpc) is 2.67. The van der Waals surface area contributed by atoms with Crippen molar-refractivity contribution in [1.82, 2.24) is 0 Å². The lowest BCUT2D eigenvalue weighted by molar-refractivity contribution is -0.682. The van der Waals surface area contributed by atoms with Crippen LogP contribution in [0.4, 0.5) is 5.69 Å². The van der Waals surface area contributed by atoms with Gasteiger partial charge in [0, 0.05) is 11.3 Å². The third kappa shape index (κ3) is 4.41. The van der Waals surface area contributed by atoms with Gasteiger partial charge >= 0.3 is 0 Å². The molecule has 0 saturated heterocycles. The molecule has 1 atom stereocenters. The van der Waals surface area contributed by atoms with E-state index in [1.165, 1.54) is 16.3 Å². The molecule has 26 heavy (non-hydrogen) atoms. The van der Waals surface area contributed by atoms with E-state index < -0.39 is 0 Å². The maximum atomic E-state index is 12.2. The molecule has 0 fully saturated rings. The van der Waals surface area contributed by atoms with E-state index in [0.29, 0.717) is 13.2 Å². The second-order valence-corrected chi connectivity index (χ2v) is 6.30. The summed E-state index contributed by atoms with van der Waals surface area (Å²) in [6.45, 7) is 5.08. The van der Waals surface area contributed by atoms with Gasteiger partial charge in [-0.2, -0.15) is 0 Å². The van der Waals surface area contributed by atoms with Gasteiger partial charge in [0.05, 0.1) is 6.61 Å². The van der Waals surface area contributed by atoms with E-state index in [1.54, 1.807) is 0 Å². The number of ether oxygens (including phenoxy) is 1. The predicted molar refractivity (Wildman–Crippen MR) is 105 cm³/mol. The van der Waals surface area contributed by atoms with Gasteiger partial charge in [0.25, 0.3) is 5.91 Å². The first-order valence-corrected chi connectivity index (χ1v) is 9.01. The third-order valence-electron chi connectivity index (χ3n) is 4.42. The number of hydrogen-bond donors (Lipinski definition) is 2. The molecule has 134 valence electrons. The summed E-state index contributed by atoms with van der Waals surface area (Å²) < 4.78 is 5.41. The average molecular weight is 349 g/mol. The van der Waals surface area contributed by atoms with Crippen LogP contribution in [0.15, 0.2) is 66.7 Å². The van der Waals surface area contributed by atoms with Crippen LogP contribution >= 0.6 is 0 Å². The van der Waals surface area contributed by atoms with Crippen LogP contribution in [0.5, 0.6) is 5.75 Å². The van der Waals surface area contributed by atoms with E-state index in [9.17, 15) is 4.79 Å². The van der Waals surface area contributed by atoms with Gasteiger partial charge in [-0.15, -0.1) is 0 Å². The summed E-state index contributed by atoms with van der Waals surface area (Å²) in [7, 11) is 0. The Morgan fingerprint density at radius 3 is 2.54 bits per heavy atom. The first kappa shape index (κ1) is 18.0. The normalized spacial score (nSPS) is 11.9. The maximum absolute atomic E-state index is 12.2. The van der Waals surface area contributed by atoms with Crippen molar-refractivity contribution in [3.05, 3.63) is 72.3 Å². The number of nitrogens with one attached hydrogen (secondary N) is 1. The largest absolute Gasteiger partial charge is 0.494 e. The van der Waals surface area contributed by atoms with Crippen LogP contribution in [0.3, 0.4) is 0 Å². The molecule has 0 heterocycles. The Morgan fingerprint density at radius 1 is 1.04 bits per heavy atom. The molecular weight excluding hydrogens is 324 g/mol. The second kappa shape index (κ2) is 8.50. The maximum Gasteiger partial charge on any atom is 0.279 e. The van der Waals surface area contributed by atoms with Crippen molar-refractivity contribution in [2.75, 3.05) is 18.5 Å². The first-order valence-electron chi connectivity index (χ1n) is 9.01. The van der Waals surface area contributed by atoms with Crippen molar-refractivity contribution in [3.8, 4) is 5.75 Å². The van der Waals surface area contributed by atoms with Crippen molar-refractivity contribution in [2.24, 2.45) is 0 Å². The molecule has 0 aliphatic heterocycles. The molecule has 0 aliphatic carbocycles. The minimum Gasteiger partial charge on any atom is -0.494 e. The van der Waals surface area contributed by atoms with Crippen LogP contribution in [0, 0.1) is 0 Å². The summed E-state index contributed by atoms with van der Waals surface area (Å²) in [6, 6.07) is 22.3. The van der Waals surface area contributed by atoms with E-state index in [-0.39, 0.29) is 11.9 Å². The lowest BCUT2D eigenvalue weighted by Gasteiger charge is -2.14. The van der Waals surface area contributed by atoms with Crippen LogP contribution in [0.1, 0.15) is 25.5 Å². The molecule has 0 unspecified atom stereocenters. The van der Waals surface area contributed by atoms with Gasteiger partial charge in [0.15, 0.2) is 6.54 Å². The number of rotatable bonds is 7. The van der Waals surface area contributed by atoms with Gasteiger partial charge in [0.2, 0.25) is 0 Å². The molecule has 0 spiro atoms. The van der Waals surface area contributed by atoms with Crippen molar-refractivity contribution >= 4 is 22.4 Å². The molecular formula is C22H25N2O2+. The summed E-state index contributed by atoms with van der Waals surface area (Å²) in [5, 5.41) is 7.46. The number of anilines is 1. The summed E-state index contributed by atoms with van der Waals surface area (Å²) in [6.07, 6.45) is 0. The number of fused-ring (bicyclic) bond motifs is 1. The van der Waals surface area contributed by atoms with E-state index in [1.807, 2.05) is 37.3 Å². The molecule has 0 radical (unpaired) electrons. The predicted octanol–water partition coefficient (Wildman–Crippen LogP) is 3.50. The van der Waals surface area contributed by atoms with E-state index in [0.717, 1.165) is 11.4 Å². The number of amides is 1. The topological polar surface area (TPSA) is 54.9 Å². The fraction of sp³-hybridized carbons (Fsp3) is 0.227. The number of nitrogens with two attached hydrogens (primary N) is 1. The highest BCUT2D eigenvalue weighted by atomic mass is 16.5. The highest BCUT2D eigenvalue weighted by Gasteiger charge is 2.14. The summed E-state index contributed by atoms with van der Waals surface area (Å²) >= 11 is 0. The summed E-state index contributed by atoms with van der Waals surface area (Å²) in [5.74, 6) is 0.794. The molecule has 3 rings (SSSR count). The van der Waals surface area contributed by atoms with Gasteiger partial charge in [-0.1, -0.05) is 42.5 Å². The van der Waals surface area contributed by atoms with Gasteiger partial charge in [-0.05, 0) is 48.9 Å². The highest BCUT2D eigenvalue weighted by molar-refractivity contribution is 5.91. The number of quaternary nitrogens is 1. The Bertz CT molecular complexity index is 869. The Kier molecular flexibility index (Phi) is 5.87. The Balaban J connectivity index is 1.58. The molecule has 0 aromatic heterocycles. The minimum atomic E-state index is -0.0127. The van der Waals surface area contributed by atoms with Crippen molar-refractivity contribution in [1.29, 1.82) is 0 Å². The second-order valence-electron chi connectivity index (χ2n) is 6.30. The standard InChI is InChI=1S/C22H24N2O2/c1-3-26-19-13-11-18(12-14-19)24-22(25)15-23-16(2)20-10-6-8-17-7-4-5-9-21(17)20/h4-14,16,23H,3,15H2,1-2H3,(H,24,25)/p+1/t16-/m0/s1. The zero-order valence-electron chi connectivity index (χ0n) is 15.2. The van der Waals surface area contributed by atoms with Crippen molar-refractivity contribution < 1.29 is 14.8 Å². The van der Waals surface area contributed by atoms with Gasteiger partial charge < -0.3 is 15.4 Å². The molecule has 3 N–H and O–H groups in total. The van der Waals surface area contributed by atoms with Crippen LogP contribution in [-0.2, 0) is 4.79 Å². The molecule has 0 saturated carbocycles. The monoisotopic (exact) mass is 349 g/mol. The summed E-state index contributed by atoms with van der Waals surface area (Å²) in [4.78, 5) is 12.2. The molecule has 1 amide bonds. The lowest BCUT2D eigenvalue weighted by atomic mass is 10.00. The van der Waals surface area contributed by atoms with Crippen molar-refractivity contribution in [3.63, 3.8) is 0 Å². The number of carbonyl (C=O) groups is 1. The van der Waals surface area contributed by atoms with Crippen LogP contribution in [0.2, 0.25) is 0 Å². The Morgan fingerprint density at radius 2 is 1.77 bits per heavy atom. The van der Waals surface area contributed by atoms with Gasteiger partial charge in [-0.25, -0.2) is 0 Å². The number of benzene rings is 3. The third-order valence-corrected chi connectivity index (χ3v) is 4.42. The fourth-order valence-electron chi connectivity index (χ4n) is 3.07. The van der Waals surface area contributed by atoms with Gasteiger partial charge in [0.1, 0.15) is 11.8 Å². The molecule has 3 aromatic carbocycles. The SMILES string of the molecule is CCOc1ccc(NC(=O)C[NH2+][C@@H](C)c2cccc3ccccc23)cc1.